The third kappa shape index (κ3) is 2.16. The van der Waals surface area contributed by atoms with Crippen molar-refractivity contribution in [2.45, 2.75) is 65.8 Å². The highest BCUT2D eigenvalue weighted by atomic mass is 16.1. The normalized spacial score (nSPS) is 23.6. The molecule has 0 bridgehead atoms. The molecule has 3 aliphatic carbocycles. The maximum absolute atomic E-state index is 12.8. The van der Waals surface area contributed by atoms with Crippen LogP contribution in [0.4, 0.5) is 0 Å². The number of nitrogens with one attached hydrogen (secondary N) is 2. The van der Waals surface area contributed by atoms with Gasteiger partial charge in [-0.15, -0.1) is 0 Å². The summed E-state index contributed by atoms with van der Waals surface area (Å²) in [6.07, 6.45) is 6.79. The van der Waals surface area contributed by atoms with Crippen molar-refractivity contribution in [3.63, 3.8) is 0 Å². The second-order valence-corrected chi connectivity index (χ2v) is 8.34. The first-order valence-corrected chi connectivity index (χ1v) is 8.76. The van der Waals surface area contributed by atoms with Crippen molar-refractivity contribution in [2.75, 3.05) is 0 Å². The molecule has 0 unspecified atom stereocenters. The monoisotopic (exact) mass is 314 g/mol. The molecule has 0 radical (unpaired) electrons. The minimum Gasteiger partial charge on any atom is -0.307 e. The van der Waals surface area contributed by atoms with Gasteiger partial charge in [0.1, 0.15) is 5.84 Å². The molecule has 5 nitrogen and oxygen atoms in total. The molecular weight excluding hydrogens is 288 g/mol. The minimum atomic E-state index is -0.238. The summed E-state index contributed by atoms with van der Waals surface area (Å²) in [7, 11) is 0. The highest BCUT2D eigenvalue weighted by molar-refractivity contribution is 5.91. The lowest BCUT2D eigenvalue weighted by Crippen LogP contribution is -2.48. The van der Waals surface area contributed by atoms with Crippen LogP contribution in [-0.4, -0.2) is 15.0 Å². The summed E-state index contributed by atoms with van der Waals surface area (Å²) in [5.74, 6) is 1.10. The fourth-order valence-corrected chi connectivity index (χ4v) is 3.96. The molecule has 124 valence electrons. The van der Waals surface area contributed by atoms with Crippen LogP contribution in [0, 0.1) is 41.4 Å². The molecule has 1 aromatic heterocycles. The molecule has 23 heavy (non-hydrogen) atoms. The van der Waals surface area contributed by atoms with Crippen LogP contribution in [0.5, 0.6) is 0 Å². The summed E-state index contributed by atoms with van der Waals surface area (Å²) < 4.78 is 3.40. The first kappa shape index (κ1) is 14.9. The number of hydrogen-bond acceptors (Lipinski definition) is 3. The van der Waals surface area contributed by atoms with E-state index in [4.69, 9.17) is 10.8 Å². The van der Waals surface area contributed by atoms with E-state index in [0.29, 0.717) is 18.3 Å². The molecule has 0 aromatic carbocycles. The van der Waals surface area contributed by atoms with E-state index in [1.165, 1.54) is 12.8 Å². The van der Waals surface area contributed by atoms with E-state index in [1.807, 2.05) is 13.8 Å². The van der Waals surface area contributed by atoms with Gasteiger partial charge >= 0.3 is 0 Å². The summed E-state index contributed by atoms with van der Waals surface area (Å²) >= 11 is 0. The first-order chi connectivity index (χ1) is 10.8. The SMILES string of the molecule is Cc1c(C)n(C(=N)C2(C3CC3)CC2)c(=N)c(=O)n1CC1(C)CC1. The molecule has 0 saturated heterocycles. The average Bonchev–Trinajstić information content (AvgIpc) is 3.34. The van der Waals surface area contributed by atoms with Gasteiger partial charge in [-0.25, -0.2) is 0 Å². The lowest BCUT2D eigenvalue weighted by atomic mass is 9.98. The molecule has 3 aliphatic rings. The summed E-state index contributed by atoms with van der Waals surface area (Å²) in [6, 6.07) is 0. The quantitative estimate of drug-likeness (QED) is 0.650. The molecule has 3 fully saturated rings. The van der Waals surface area contributed by atoms with Crippen molar-refractivity contribution < 1.29 is 0 Å². The molecule has 0 spiro atoms. The largest absolute Gasteiger partial charge is 0.307 e. The van der Waals surface area contributed by atoms with Gasteiger partial charge in [0.25, 0.3) is 5.56 Å². The molecule has 2 N–H and O–H groups in total. The number of hydrogen-bond donors (Lipinski definition) is 2. The summed E-state index contributed by atoms with van der Waals surface area (Å²) in [4.78, 5) is 12.8. The molecular formula is C18H26N4O. The van der Waals surface area contributed by atoms with E-state index in [0.717, 1.165) is 37.1 Å². The van der Waals surface area contributed by atoms with E-state index in [1.54, 1.807) is 9.13 Å². The zero-order chi connectivity index (χ0) is 16.6. The average molecular weight is 314 g/mol. The predicted octanol–water partition coefficient (Wildman–Crippen LogP) is 2.56. The highest BCUT2D eigenvalue weighted by Crippen LogP contribution is 2.62. The topological polar surface area (TPSA) is 74.6 Å². The van der Waals surface area contributed by atoms with E-state index in [9.17, 15) is 4.79 Å². The molecule has 0 atom stereocenters. The van der Waals surface area contributed by atoms with Gasteiger partial charge in [0.2, 0.25) is 0 Å². The van der Waals surface area contributed by atoms with Gasteiger partial charge < -0.3 is 4.57 Å². The van der Waals surface area contributed by atoms with Gasteiger partial charge in [0.15, 0.2) is 5.49 Å². The van der Waals surface area contributed by atoms with Crippen LogP contribution in [0.3, 0.4) is 0 Å². The van der Waals surface area contributed by atoms with Gasteiger partial charge in [-0.1, -0.05) is 6.92 Å². The van der Waals surface area contributed by atoms with Crippen LogP contribution in [0.15, 0.2) is 4.79 Å². The van der Waals surface area contributed by atoms with Crippen molar-refractivity contribution in [3.05, 3.63) is 27.2 Å². The Morgan fingerprint density at radius 2 is 1.78 bits per heavy atom. The Morgan fingerprint density at radius 3 is 2.26 bits per heavy atom. The van der Waals surface area contributed by atoms with Crippen molar-refractivity contribution in [3.8, 4) is 0 Å². The number of rotatable bonds is 4. The summed E-state index contributed by atoms with van der Waals surface area (Å²) in [5, 5.41) is 17.1. The van der Waals surface area contributed by atoms with Crippen LogP contribution in [-0.2, 0) is 6.54 Å². The van der Waals surface area contributed by atoms with Crippen LogP contribution in [0.25, 0.3) is 0 Å². The summed E-state index contributed by atoms with van der Waals surface area (Å²) in [6.45, 7) is 6.82. The lowest BCUT2D eigenvalue weighted by molar-refractivity contribution is 0.438. The molecule has 1 aromatic rings. The number of nitrogens with zero attached hydrogens (tertiary/aromatic N) is 2. The van der Waals surface area contributed by atoms with Crippen LogP contribution in [0.1, 0.15) is 56.8 Å². The van der Waals surface area contributed by atoms with Crippen molar-refractivity contribution in [2.24, 2.45) is 16.7 Å². The van der Waals surface area contributed by atoms with Crippen molar-refractivity contribution >= 4 is 5.84 Å². The fourth-order valence-electron chi connectivity index (χ4n) is 3.96. The van der Waals surface area contributed by atoms with Gasteiger partial charge in [0.05, 0.1) is 0 Å². The van der Waals surface area contributed by atoms with Crippen molar-refractivity contribution in [1.82, 2.24) is 9.13 Å². The molecule has 0 aliphatic heterocycles. The van der Waals surface area contributed by atoms with Crippen LogP contribution < -0.4 is 11.0 Å². The molecule has 5 heteroatoms. The maximum atomic E-state index is 12.8. The molecule has 3 saturated carbocycles. The van der Waals surface area contributed by atoms with E-state index >= 15 is 0 Å². The zero-order valence-electron chi connectivity index (χ0n) is 14.3. The highest BCUT2D eigenvalue weighted by Gasteiger charge is 2.57. The Labute approximate surface area is 136 Å². The molecule has 1 heterocycles. The first-order valence-electron chi connectivity index (χ1n) is 8.76. The Hall–Kier alpha value is -1.65. The van der Waals surface area contributed by atoms with E-state index < -0.39 is 0 Å². The second-order valence-electron chi connectivity index (χ2n) is 8.34. The zero-order valence-corrected chi connectivity index (χ0v) is 14.3. The Morgan fingerprint density at radius 1 is 1.17 bits per heavy atom. The maximum Gasteiger partial charge on any atom is 0.293 e. The van der Waals surface area contributed by atoms with Crippen LogP contribution >= 0.6 is 0 Å². The third-order valence-electron chi connectivity index (χ3n) is 6.42. The van der Waals surface area contributed by atoms with Crippen molar-refractivity contribution in [1.29, 1.82) is 10.8 Å². The summed E-state index contributed by atoms with van der Waals surface area (Å²) in [5.41, 5.74) is 1.70. The number of aromatic nitrogens is 2. The lowest BCUT2D eigenvalue weighted by Gasteiger charge is -2.24. The fraction of sp³-hybridized carbons (Fsp3) is 0.722. The molecule has 0 amide bonds. The Bertz CT molecular complexity index is 817. The standard InChI is InChI=1S/C18H26N4O/c1-11-12(2)22(16(20)18(8-9-18)13-4-5-13)14(19)15(23)21(11)10-17(3)6-7-17/h13,19-20H,4-10H2,1-3H3. The second kappa shape index (κ2) is 4.46. The van der Waals surface area contributed by atoms with E-state index in [-0.39, 0.29) is 21.9 Å². The Kier molecular flexibility index (Phi) is 2.89. The predicted molar refractivity (Wildman–Crippen MR) is 88.9 cm³/mol. The Balaban J connectivity index is 1.81. The molecule has 4 rings (SSSR count). The van der Waals surface area contributed by atoms with Gasteiger partial charge in [-0.3, -0.25) is 20.2 Å². The van der Waals surface area contributed by atoms with Crippen LogP contribution in [0.2, 0.25) is 0 Å². The van der Waals surface area contributed by atoms with Gasteiger partial charge in [0, 0.05) is 23.3 Å². The third-order valence-corrected chi connectivity index (χ3v) is 6.42. The van der Waals surface area contributed by atoms with Gasteiger partial charge in [-0.2, -0.15) is 0 Å². The van der Waals surface area contributed by atoms with E-state index in [2.05, 4.69) is 6.92 Å². The smallest absolute Gasteiger partial charge is 0.293 e. The minimum absolute atomic E-state index is 0.0331. The van der Waals surface area contributed by atoms with Gasteiger partial charge in [-0.05, 0) is 63.7 Å².